The van der Waals surface area contributed by atoms with Crippen LogP contribution in [-0.4, -0.2) is 13.0 Å². The predicted octanol–water partition coefficient (Wildman–Crippen LogP) is 2.97. The number of benzene rings is 2. The summed E-state index contributed by atoms with van der Waals surface area (Å²) >= 11 is 0. The minimum atomic E-state index is -0.382. The quantitative estimate of drug-likeness (QED) is 0.876. The third-order valence-corrected chi connectivity index (χ3v) is 3.30. The van der Waals surface area contributed by atoms with E-state index in [0.717, 1.165) is 25.0 Å². The van der Waals surface area contributed by atoms with Crippen LogP contribution in [0.5, 0.6) is 5.75 Å². The lowest BCUT2D eigenvalue weighted by atomic mass is 10.0. The monoisotopic (exact) mass is 269 g/mol. The highest BCUT2D eigenvalue weighted by atomic mass is 16.5. The summed E-state index contributed by atoms with van der Waals surface area (Å²) in [7, 11) is 1.68. The second-order valence-electron chi connectivity index (χ2n) is 4.77. The lowest BCUT2D eigenvalue weighted by molar-refractivity contribution is 0.100. The molecule has 0 saturated heterocycles. The molecule has 2 N–H and O–H groups in total. The summed E-state index contributed by atoms with van der Waals surface area (Å²) in [5, 5.41) is 0. The van der Waals surface area contributed by atoms with Gasteiger partial charge in [0.15, 0.2) is 0 Å². The van der Waals surface area contributed by atoms with Gasteiger partial charge in [-0.3, -0.25) is 4.79 Å². The molecule has 3 heteroatoms. The fourth-order valence-electron chi connectivity index (χ4n) is 2.16. The zero-order valence-electron chi connectivity index (χ0n) is 11.6. The molecule has 0 aliphatic rings. The Kier molecular flexibility index (Phi) is 4.77. The molecule has 0 unspecified atom stereocenters. The molecule has 0 aliphatic heterocycles. The zero-order valence-corrected chi connectivity index (χ0v) is 11.6. The molecule has 104 valence electrons. The fraction of sp³-hybridized carbons (Fsp3) is 0.235. The molecule has 0 spiro atoms. The van der Waals surface area contributed by atoms with E-state index in [1.807, 2.05) is 24.3 Å². The van der Waals surface area contributed by atoms with E-state index in [1.54, 1.807) is 19.2 Å². The SMILES string of the molecule is COc1cccc(CCCc2ccc(C(N)=O)cc2)c1. The van der Waals surface area contributed by atoms with E-state index in [-0.39, 0.29) is 5.91 Å². The van der Waals surface area contributed by atoms with Crippen LogP contribution in [0.15, 0.2) is 48.5 Å². The Bertz CT molecular complexity index is 576. The van der Waals surface area contributed by atoms with Crippen molar-refractivity contribution in [2.75, 3.05) is 7.11 Å². The second-order valence-corrected chi connectivity index (χ2v) is 4.77. The summed E-state index contributed by atoms with van der Waals surface area (Å²) in [6.45, 7) is 0. The van der Waals surface area contributed by atoms with E-state index in [9.17, 15) is 4.79 Å². The van der Waals surface area contributed by atoms with Gasteiger partial charge in [-0.15, -0.1) is 0 Å². The standard InChI is InChI=1S/C17H19NO2/c1-20-16-7-3-6-14(12-16)5-2-4-13-8-10-15(11-9-13)17(18)19/h3,6-12H,2,4-5H2,1H3,(H2,18,19). The highest BCUT2D eigenvalue weighted by Gasteiger charge is 2.01. The van der Waals surface area contributed by atoms with Gasteiger partial charge in [0.2, 0.25) is 5.91 Å². The number of carbonyl (C=O) groups is 1. The van der Waals surface area contributed by atoms with Gasteiger partial charge in [-0.25, -0.2) is 0 Å². The van der Waals surface area contributed by atoms with Crippen LogP contribution in [-0.2, 0) is 12.8 Å². The molecule has 2 aromatic carbocycles. The van der Waals surface area contributed by atoms with Crippen LogP contribution >= 0.6 is 0 Å². The van der Waals surface area contributed by atoms with Gasteiger partial charge >= 0.3 is 0 Å². The normalized spacial score (nSPS) is 10.2. The van der Waals surface area contributed by atoms with Crippen molar-refractivity contribution in [3.63, 3.8) is 0 Å². The van der Waals surface area contributed by atoms with Gasteiger partial charge in [0.1, 0.15) is 5.75 Å². The number of rotatable bonds is 6. The van der Waals surface area contributed by atoms with Crippen molar-refractivity contribution >= 4 is 5.91 Å². The van der Waals surface area contributed by atoms with E-state index in [1.165, 1.54) is 11.1 Å². The van der Waals surface area contributed by atoms with Crippen molar-refractivity contribution in [2.45, 2.75) is 19.3 Å². The second kappa shape index (κ2) is 6.75. The Labute approximate surface area is 119 Å². The fourth-order valence-corrected chi connectivity index (χ4v) is 2.16. The van der Waals surface area contributed by atoms with E-state index >= 15 is 0 Å². The Morgan fingerprint density at radius 1 is 1.05 bits per heavy atom. The Hall–Kier alpha value is -2.29. The maximum absolute atomic E-state index is 11.0. The Morgan fingerprint density at radius 2 is 1.75 bits per heavy atom. The van der Waals surface area contributed by atoms with Crippen LogP contribution < -0.4 is 10.5 Å². The third-order valence-electron chi connectivity index (χ3n) is 3.30. The van der Waals surface area contributed by atoms with Crippen LogP contribution in [0, 0.1) is 0 Å². The van der Waals surface area contributed by atoms with Crippen molar-refractivity contribution in [3.05, 3.63) is 65.2 Å². The number of nitrogens with two attached hydrogens (primary N) is 1. The van der Waals surface area contributed by atoms with E-state index in [2.05, 4.69) is 12.1 Å². The minimum Gasteiger partial charge on any atom is -0.497 e. The van der Waals surface area contributed by atoms with Gasteiger partial charge in [-0.1, -0.05) is 24.3 Å². The molecule has 20 heavy (non-hydrogen) atoms. The maximum atomic E-state index is 11.0. The Morgan fingerprint density at radius 3 is 2.40 bits per heavy atom. The van der Waals surface area contributed by atoms with Crippen molar-refractivity contribution in [3.8, 4) is 5.75 Å². The molecule has 0 bridgehead atoms. The molecular weight excluding hydrogens is 250 g/mol. The predicted molar refractivity (Wildman–Crippen MR) is 80.0 cm³/mol. The van der Waals surface area contributed by atoms with Gasteiger partial charge in [0.25, 0.3) is 0 Å². The average molecular weight is 269 g/mol. The van der Waals surface area contributed by atoms with Crippen LogP contribution in [0.1, 0.15) is 27.9 Å². The first-order valence-corrected chi connectivity index (χ1v) is 6.71. The smallest absolute Gasteiger partial charge is 0.248 e. The molecule has 0 heterocycles. The lowest BCUT2D eigenvalue weighted by Crippen LogP contribution is -2.10. The minimum absolute atomic E-state index is 0.382. The van der Waals surface area contributed by atoms with Gasteiger partial charge in [0, 0.05) is 5.56 Å². The molecule has 2 aromatic rings. The molecule has 1 amide bonds. The van der Waals surface area contributed by atoms with Gasteiger partial charge in [-0.2, -0.15) is 0 Å². The van der Waals surface area contributed by atoms with Crippen molar-refractivity contribution in [1.29, 1.82) is 0 Å². The highest BCUT2D eigenvalue weighted by Crippen LogP contribution is 2.15. The molecule has 0 radical (unpaired) electrons. The molecule has 0 aliphatic carbocycles. The number of carbonyl (C=O) groups excluding carboxylic acids is 1. The maximum Gasteiger partial charge on any atom is 0.248 e. The number of hydrogen-bond acceptors (Lipinski definition) is 2. The number of methoxy groups -OCH3 is 1. The van der Waals surface area contributed by atoms with Crippen LogP contribution in [0.3, 0.4) is 0 Å². The van der Waals surface area contributed by atoms with E-state index < -0.39 is 0 Å². The molecular formula is C17H19NO2. The number of amides is 1. The molecule has 0 saturated carbocycles. The van der Waals surface area contributed by atoms with Crippen LogP contribution in [0.2, 0.25) is 0 Å². The molecule has 3 nitrogen and oxygen atoms in total. The molecule has 2 rings (SSSR count). The third kappa shape index (κ3) is 3.85. The Balaban J connectivity index is 1.87. The lowest BCUT2D eigenvalue weighted by Gasteiger charge is -2.05. The van der Waals surface area contributed by atoms with Crippen molar-refractivity contribution in [2.24, 2.45) is 5.73 Å². The summed E-state index contributed by atoms with van der Waals surface area (Å²) in [6.07, 6.45) is 3.05. The van der Waals surface area contributed by atoms with E-state index in [4.69, 9.17) is 10.5 Å². The van der Waals surface area contributed by atoms with Crippen molar-refractivity contribution in [1.82, 2.24) is 0 Å². The first-order valence-electron chi connectivity index (χ1n) is 6.71. The number of aryl methyl sites for hydroxylation is 2. The highest BCUT2D eigenvalue weighted by molar-refractivity contribution is 5.92. The number of hydrogen-bond donors (Lipinski definition) is 1. The van der Waals surface area contributed by atoms with Crippen LogP contribution in [0.25, 0.3) is 0 Å². The summed E-state index contributed by atoms with van der Waals surface area (Å²) in [5.74, 6) is 0.515. The first-order chi connectivity index (χ1) is 9.69. The molecule has 0 fully saturated rings. The van der Waals surface area contributed by atoms with Gasteiger partial charge in [-0.05, 0) is 54.7 Å². The zero-order chi connectivity index (χ0) is 14.4. The van der Waals surface area contributed by atoms with Gasteiger partial charge in [0.05, 0.1) is 7.11 Å². The summed E-state index contributed by atoms with van der Waals surface area (Å²) < 4.78 is 5.21. The van der Waals surface area contributed by atoms with Crippen LogP contribution in [0.4, 0.5) is 0 Å². The molecule has 0 aromatic heterocycles. The summed E-state index contributed by atoms with van der Waals surface area (Å²) in [5.41, 5.74) is 8.27. The number of primary amides is 1. The number of ether oxygens (including phenoxy) is 1. The molecule has 0 atom stereocenters. The average Bonchev–Trinajstić information content (AvgIpc) is 2.48. The van der Waals surface area contributed by atoms with Crippen molar-refractivity contribution < 1.29 is 9.53 Å². The largest absolute Gasteiger partial charge is 0.497 e. The van der Waals surface area contributed by atoms with Gasteiger partial charge < -0.3 is 10.5 Å². The topological polar surface area (TPSA) is 52.3 Å². The van der Waals surface area contributed by atoms with E-state index in [0.29, 0.717) is 5.56 Å². The first kappa shape index (κ1) is 14.1. The summed E-state index contributed by atoms with van der Waals surface area (Å²) in [4.78, 5) is 11.0. The summed E-state index contributed by atoms with van der Waals surface area (Å²) in [6, 6.07) is 15.6.